The Morgan fingerprint density at radius 1 is 1.19 bits per heavy atom. The van der Waals surface area contributed by atoms with Crippen molar-refractivity contribution in [2.45, 2.75) is 32.0 Å². The van der Waals surface area contributed by atoms with E-state index in [0.717, 1.165) is 6.07 Å². The van der Waals surface area contributed by atoms with Crippen LogP contribution < -0.4 is 5.32 Å². The van der Waals surface area contributed by atoms with Crippen LogP contribution in [0.5, 0.6) is 0 Å². The van der Waals surface area contributed by atoms with E-state index in [2.05, 4.69) is 10.3 Å². The van der Waals surface area contributed by atoms with Crippen LogP contribution in [0.15, 0.2) is 36.5 Å². The van der Waals surface area contributed by atoms with Gasteiger partial charge in [0.25, 0.3) is 5.91 Å². The van der Waals surface area contributed by atoms with Crippen LogP contribution in [0.1, 0.15) is 35.0 Å². The third-order valence-electron chi connectivity index (χ3n) is 3.79. The lowest BCUT2D eigenvalue weighted by Gasteiger charge is -2.18. The first-order chi connectivity index (χ1) is 12.6. The van der Waals surface area contributed by atoms with Crippen molar-refractivity contribution in [3.8, 4) is 0 Å². The summed E-state index contributed by atoms with van der Waals surface area (Å²) in [6.07, 6.45) is -3.92. The monoisotopic (exact) mass is 418 g/mol. The summed E-state index contributed by atoms with van der Waals surface area (Å²) in [5.74, 6) is -0.809. The maximum absolute atomic E-state index is 12.7. The summed E-state index contributed by atoms with van der Waals surface area (Å²) in [6, 6.07) is 5.82. The van der Waals surface area contributed by atoms with E-state index < -0.39 is 23.7 Å². The van der Waals surface area contributed by atoms with Crippen molar-refractivity contribution in [2.75, 3.05) is 0 Å². The van der Waals surface area contributed by atoms with Crippen LogP contribution in [-0.2, 0) is 17.4 Å². The van der Waals surface area contributed by atoms with Crippen LogP contribution in [0.4, 0.5) is 13.2 Å². The van der Waals surface area contributed by atoms with Crippen LogP contribution >= 0.6 is 23.2 Å². The number of nitrogens with zero attached hydrogens (tertiary/aromatic N) is 1. The van der Waals surface area contributed by atoms with E-state index in [-0.39, 0.29) is 29.3 Å². The molecule has 0 radical (unpaired) electrons. The topological polar surface area (TPSA) is 59.1 Å². The van der Waals surface area contributed by atoms with E-state index in [4.69, 9.17) is 23.2 Å². The SMILES string of the molecule is CCC(=O)C(Cc1ncc(C(F)(F)F)cc1Cl)NC(=O)c1ccc(Cl)cc1. The molecule has 2 rings (SSSR count). The number of ketones is 1. The molecular formula is C18H15Cl2F3N2O2. The Balaban J connectivity index is 2.21. The minimum absolute atomic E-state index is 0.0906. The number of aromatic nitrogens is 1. The van der Waals surface area contributed by atoms with Crippen molar-refractivity contribution in [1.29, 1.82) is 0 Å². The van der Waals surface area contributed by atoms with Crippen molar-refractivity contribution in [1.82, 2.24) is 10.3 Å². The van der Waals surface area contributed by atoms with E-state index in [1.165, 1.54) is 24.3 Å². The summed E-state index contributed by atoms with van der Waals surface area (Å²) in [5, 5.41) is 2.80. The van der Waals surface area contributed by atoms with E-state index in [9.17, 15) is 22.8 Å². The number of rotatable bonds is 6. The quantitative estimate of drug-likeness (QED) is 0.737. The molecule has 1 unspecified atom stereocenters. The first-order valence-electron chi connectivity index (χ1n) is 7.92. The van der Waals surface area contributed by atoms with Crippen molar-refractivity contribution < 1.29 is 22.8 Å². The Kier molecular flexibility index (Phi) is 6.84. The lowest BCUT2D eigenvalue weighted by molar-refractivity contribution is -0.137. The molecular weight excluding hydrogens is 404 g/mol. The van der Waals surface area contributed by atoms with E-state index in [1.807, 2.05) is 0 Å². The molecule has 1 atom stereocenters. The molecule has 0 spiro atoms. The van der Waals surface area contributed by atoms with Gasteiger partial charge in [0.2, 0.25) is 0 Å². The number of halogens is 5. The van der Waals surface area contributed by atoms with Crippen LogP contribution in [0.25, 0.3) is 0 Å². The number of carbonyl (C=O) groups is 2. The maximum Gasteiger partial charge on any atom is 0.417 e. The molecule has 2 aromatic rings. The highest BCUT2D eigenvalue weighted by molar-refractivity contribution is 6.31. The zero-order valence-corrected chi connectivity index (χ0v) is 15.6. The van der Waals surface area contributed by atoms with Crippen LogP contribution in [0.2, 0.25) is 10.0 Å². The van der Waals surface area contributed by atoms with Crippen LogP contribution in [-0.4, -0.2) is 22.7 Å². The number of pyridine rings is 1. The largest absolute Gasteiger partial charge is 0.417 e. The summed E-state index contributed by atoms with van der Waals surface area (Å²) < 4.78 is 38.1. The number of Topliss-reactive ketones (excluding diaryl/α,β-unsaturated/α-hetero) is 1. The van der Waals surface area contributed by atoms with Gasteiger partial charge in [-0.1, -0.05) is 30.1 Å². The predicted molar refractivity (Wildman–Crippen MR) is 96.0 cm³/mol. The molecule has 0 bridgehead atoms. The fourth-order valence-corrected chi connectivity index (χ4v) is 2.67. The Hall–Kier alpha value is -2.12. The maximum atomic E-state index is 12.7. The van der Waals surface area contributed by atoms with Gasteiger partial charge in [-0.15, -0.1) is 0 Å². The predicted octanol–water partition coefficient (Wildman–Crippen LogP) is 4.73. The third-order valence-corrected chi connectivity index (χ3v) is 4.37. The standard InChI is InChI=1S/C18H15Cl2F3N2O2/c1-2-16(26)15(25-17(27)10-3-5-12(19)6-4-10)8-14-13(20)7-11(9-24-14)18(21,22)23/h3-7,9,15H,2,8H2,1H3,(H,25,27). The summed E-state index contributed by atoms with van der Waals surface area (Å²) in [7, 11) is 0. The highest BCUT2D eigenvalue weighted by Gasteiger charge is 2.32. The van der Waals surface area contributed by atoms with Gasteiger partial charge in [0.1, 0.15) is 0 Å². The third kappa shape index (κ3) is 5.68. The second-order valence-corrected chi connectivity index (χ2v) is 6.55. The summed E-state index contributed by atoms with van der Waals surface area (Å²) >= 11 is 11.7. The lowest BCUT2D eigenvalue weighted by atomic mass is 10.0. The molecule has 0 saturated carbocycles. The van der Waals surface area contributed by atoms with E-state index >= 15 is 0 Å². The van der Waals surface area contributed by atoms with Crippen molar-refractivity contribution >= 4 is 34.9 Å². The molecule has 0 fully saturated rings. The lowest BCUT2D eigenvalue weighted by Crippen LogP contribution is -2.42. The van der Waals surface area contributed by atoms with Crippen molar-refractivity contribution in [2.24, 2.45) is 0 Å². The average Bonchev–Trinajstić information content (AvgIpc) is 2.61. The first kappa shape index (κ1) is 21.2. The summed E-state index contributed by atoms with van der Waals surface area (Å²) in [6.45, 7) is 1.62. The van der Waals surface area contributed by atoms with Gasteiger partial charge in [-0.3, -0.25) is 14.6 Å². The molecule has 1 N–H and O–H groups in total. The first-order valence-corrected chi connectivity index (χ1v) is 8.68. The van der Waals surface area contributed by atoms with E-state index in [1.54, 1.807) is 6.92 Å². The van der Waals surface area contributed by atoms with Gasteiger partial charge in [0, 0.05) is 29.6 Å². The molecule has 0 aliphatic rings. The second-order valence-electron chi connectivity index (χ2n) is 5.71. The molecule has 1 aromatic heterocycles. The van der Waals surface area contributed by atoms with Crippen molar-refractivity contribution in [3.05, 3.63) is 63.4 Å². The zero-order chi connectivity index (χ0) is 20.2. The summed E-state index contributed by atoms with van der Waals surface area (Å²) in [5.41, 5.74) is -0.604. The van der Waals surface area contributed by atoms with E-state index in [0.29, 0.717) is 16.8 Å². The minimum Gasteiger partial charge on any atom is -0.342 e. The number of carbonyl (C=O) groups excluding carboxylic acids is 2. The smallest absolute Gasteiger partial charge is 0.342 e. The molecule has 1 aromatic carbocycles. The molecule has 0 aliphatic heterocycles. The van der Waals surface area contributed by atoms with Gasteiger partial charge in [0.15, 0.2) is 5.78 Å². The molecule has 144 valence electrons. The highest BCUT2D eigenvalue weighted by atomic mass is 35.5. The number of alkyl halides is 3. The summed E-state index contributed by atoms with van der Waals surface area (Å²) in [4.78, 5) is 28.2. The van der Waals surface area contributed by atoms with Gasteiger partial charge < -0.3 is 5.32 Å². The van der Waals surface area contributed by atoms with Crippen LogP contribution in [0.3, 0.4) is 0 Å². The van der Waals surface area contributed by atoms with Gasteiger partial charge in [0.05, 0.1) is 22.3 Å². The molecule has 0 aliphatic carbocycles. The number of hydrogen-bond acceptors (Lipinski definition) is 3. The van der Waals surface area contributed by atoms with Gasteiger partial charge in [-0.2, -0.15) is 13.2 Å². The Labute approximate surface area is 163 Å². The Morgan fingerprint density at radius 2 is 1.81 bits per heavy atom. The fourth-order valence-electron chi connectivity index (χ4n) is 2.30. The molecule has 0 saturated heterocycles. The molecule has 1 amide bonds. The Bertz CT molecular complexity index is 839. The highest BCUT2D eigenvalue weighted by Crippen LogP contribution is 2.31. The molecule has 9 heteroatoms. The minimum atomic E-state index is -4.57. The number of amides is 1. The number of nitrogens with one attached hydrogen (secondary N) is 1. The molecule has 27 heavy (non-hydrogen) atoms. The molecule has 1 heterocycles. The van der Waals surface area contributed by atoms with Gasteiger partial charge >= 0.3 is 6.18 Å². The van der Waals surface area contributed by atoms with Crippen LogP contribution in [0, 0.1) is 0 Å². The normalized spacial score (nSPS) is 12.5. The Morgan fingerprint density at radius 3 is 2.33 bits per heavy atom. The second kappa shape index (κ2) is 8.71. The van der Waals surface area contributed by atoms with Crippen molar-refractivity contribution in [3.63, 3.8) is 0 Å². The molecule has 4 nitrogen and oxygen atoms in total. The zero-order valence-electron chi connectivity index (χ0n) is 14.1. The number of benzene rings is 1. The average molecular weight is 419 g/mol. The fraction of sp³-hybridized carbons (Fsp3) is 0.278. The van der Waals surface area contributed by atoms with Gasteiger partial charge in [-0.25, -0.2) is 0 Å². The van der Waals surface area contributed by atoms with Gasteiger partial charge in [-0.05, 0) is 30.3 Å². The number of hydrogen-bond donors (Lipinski definition) is 1.